The number of benzene rings is 3. The maximum Gasteiger partial charge on any atom is 0.415 e. The topological polar surface area (TPSA) is 144 Å². The lowest BCUT2D eigenvalue weighted by Crippen LogP contribution is -2.57. The lowest BCUT2D eigenvalue weighted by atomic mass is 10.1. The minimum atomic E-state index is -0.979. The van der Waals surface area contributed by atoms with Gasteiger partial charge in [-0.15, -0.1) is 0 Å². The highest BCUT2D eigenvalue weighted by atomic mass is 16.6. The van der Waals surface area contributed by atoms with E-state index in [1.807, 2.05) is 54.6 Å². The summed E-state index contributed by atoms with van der Waals surface area (Å²) in [5, 5.41) is 5.51. The van der Waals surface area contributed by atoms with Crippen LogP contribution in [0.5, 0.6) is 0 Å². The Morgan fingerprint density at radius 2 is 1.40 bits per heavy atom. The molecule has 12 nitrogen and oxygen atoms in total. The number of ether oxygens (including phenoxy) is 3. The van der Waals surface area contributed by atoms with Gasteiger partial charge in [0.1, 0.15) is 30.3 Å². The number of esters is 1. The third-order valence-electron chi connectivity index (χ3n) is 8.57. The maximum absolute atomic E-state index is 14.5. The molecule has 0 saturated heterocycles. The molecular weight excluding hydrogens is 640 g/mol. The van der Waals surface area contributed by atoms with Gasteiger partial charge in [-0.25, -0.2) is 14.4 Å². The number of carbonyl (C=O) groups is 5. The predicted octanol–water partition coefficient (Wildman–Crippen LogP) is 5.07. The first-order valence-electron chi connectivity index (χ1n) is 16.8. The largest absolute Gasteiger partial charge is 0.467 e. The number of hydrogen-bond acceptors (Lipinski definition) is 8. The Bertz CT molecular complexity index is 1710. The number of methoxy groups -OCH3 is 1. The van der Waals surface area contributed by atoms with Crippen LogP contribution in [0.1, 0.15) is 56.7 Å². The van der Waals surface area contributed by atoms with E-state index in [1.165, 1.54) is 16.9 Å². The molecule has 264 valence electrons. The number of rotatable bonds is 11. The molecule has 5 rings (SSSR count). The third kappa shape index (κ3) is 8.60. The van der Waals surface area contributed by atoms with Gasteiger partial charge in [-0.1, -0.05) is 66.7 Å². The number of anilines is 2. The lowest BCUT2D eigenvalue weighted by molar-refractivity contribution is -0.145. The van der Waals surface area contributed by atoms with Gasteiger partial charge in [0.2, 0.25) is 5.91 Å². The highest BCUT2D eigenvalue weighted by Gasteiger charge is 2.47. The van der Waals surface area contributed by atoms with Crippen LogP contribution in [0.25, 0.3) is 0 Å². The minimum absolute atomic E-state index is 0.153. The predicted molar refractivity (Wildman–Crippen MR) is 186 cm³/mol. The van der Waals surface area contributed by atoms with E-state index in [-0.39, 0.29) is 25.9 Å². The van der Waals surface area contributed by atoms with E-state index in [1.54, 1.807) is 45.0 Å². The van der Waals surface area contributed by atoms with E-state index in [9.17, 15) is 24.0 Å². The standard InChI is InChI=1S/C38H44N4O8/c1-38(2,3)50-37(47)42-30-20-11-9-17-27(30)23-32(42)34(44)41-29-19-10-8-16-26(29)22-31(41)33(43)40-28(35(45)48-4)18-12-13-21-39-36(46)49-24-25-14-6-5-7-15-25/h5-11,14-17,19-20,28,31-32H,12-13,18,21-24H2,1-4H3,(H,39,46)(H,40,43). The molecule has 2 aliphatic heterocycles. The Labute approximate surface area is 292 Å². The maximum atomic E-state index is 14.5. The zero-order valence-corrected chi connectivity index (χ0v) is 28.8. The summed E-state index contributed by atoms with van der Waals surface area (Å²) >= 11 is 0. The molecule has 3 aromatic rings. The van der Waals surface area contributed by atoms with Crippen molar-refractivity contribution in [3.05, 3.63) is 95.6 Å². The third-order valence-corrected chi connectivity index (χ3v) is 8.57. The Kier molecular flexibility index (Phi) is 11.4. The molecule has 2 aliphatic rings. The van der Waals surface area contributed by atoms with Crippen LogP contribution in [0.2, 0.25) is 0 Å². The van der Waals surface area contributed by atoms with E-state index < -0.39 is 53.7 Å². The normalized spacial score (nSPS) is 16.9. The van der Waals surface area contributed by atoms with Crippen molar-refractivity contribution in [3.8, 4) is 0 Å². The van der Waals surface area contributed by atoms with Gasteiger partial charge < -0.3 is 24.8 Å². The van der Waals surface area contributed by atoms with Crippen LogP contribution in [-0.4, -0.2) is 67.4 Å². The average Bonchev–Trinajstić information content (AvgIpc) is 3.69. The van der Waals surface area contributed by atoms with E-state index in [0.29, 0.717) is 30.8 Å². The Balaban J connectivity index is 1.25. The Morgan fingerprint density at radius 3 is 2.04 bits per heavy atom. The smallest absolute Gasteiger partial charge is 0.415 e. The first-order valence-corrected chi connectivity index (χ1v) is 16.8. The molecule has 12 heteroatoms. The summed E-state index contributed by atoms with van der Waals surface area (Å²) in [6, 6.07) is 21.0. The van der Waals surface area contributed by atoms with Gasteiger partial charge in [0.15, 0.2) is 0 Å². The molecular formula is C38H44N4O8. The number of alkyl carbamates (subject to hydrolysis) is 1. The second-order valence-electron chi connectivity index (χ2n) is 13.3. The van der Waals surface area contributed by atoms with Crippen LogP contribution in [0, 0.1) is 0 Å². The van der Waals surface area contributed by atoms with E-state index in [2.05, 4.69) is 10.6 Å². The van der Waals surface area contributed by atoms with Crippen LogP contribution in [0.15, 0.2) is 78.9 Å². The van der Waals surface area contributed by atoms with Crippen molar-refractivity contribution in [3.63, 3.8) is 0 Å². The van der Waals surface area contributed by atoms with Crippen LogP contribution < -0.4 is 20.4 Å². The fourth-order valence-corrected chi connectivity index (χ4v) is 6.25. The zero-order chi connectivity index (χ0) is 35.8. The Hall–Kier alpha value is -5.39. The lowest BCUT2D eigenvalue weighted by Gasteiger charge is -2.33. The van der Waals surface area contributed by atoms with Crippen LogP contribution in [0.4, 0.5) is 21.0 Å². The summed E-state index contributed by atoms with van der Waals surface area (Å²) in [5.74, 6) is -1.58. The van der Waals surface area contributed by atoms with Crippen LogP contribution in [0.3, 0.4) is 0 Å². The molecule has 0 spiro atoms. The summed E-state index contributed by atoms with van der Waals surface area (Å²) in [5.41, 5.74) is 2.83. The molecule has 50 heavy (non-hydrogen) atoms. The molecule has 0 radical (unpaired) electrons. The van der Waals surface area contributed by atoms with Crippen LogP contribution >= 0.6 is 0 Å². The van der Waals surface area contributed by atoms with Gasteiger partial charge in [0.05, 0.1) is 12.8 Å². The monoisotopic (exact) mass is 684 g/mol. The fraction of sp³-hybridized carbons (Fsp3) is 0.395. The second-order valence-corrected chi connectivity index (χ2v) is 13.3. The first-order chi connectivity index (χ1) is 24.0. The summed E-state index contributed by atoms with van der Waals surface area (Å²) < 4.78 is 15.9. The van der Waals surface area contributed by atoms with E-state index in [0.717, 1.165) is 16.7 Å². The molecule has 2 heterocycles. The van der Waals surface area contributed by atoms with Crippen molar-refractivity contribution in [2.75, 3.05) is 23.5 Å². The van der Waals surface area contributed by atoms with E-state index >= 15 is 0 Å². The van der Waals surface area contributed by atoms with Crippen molar-refractivity contribution < 1.29 is 38.2 Å². The molecule has 3 unspecified atom stereocenters. The first kappa shape index (κ1) is 35.9. The molecule has 0 aromatic heterocycles. The summed E-state index contributed by atoms with van der Waals surface area (Å²) in [7, 11) is 1.25. The molecule has 0 saturated carbocycles. The van der Waals surface area contributed by atoms with Crippen LogP contribution in [-0.2, 0) is 48.0 Å². The second kappa shape index (κ2) is 15.9. The van der Waals surface area contributed by atoms with E-state index in [4.69, 9.17) is 14.2 Å². The average molecular weight is 685 g/mol. The Morgan fingerprint density at radius 1 is 0.800 bits per heavy atom. The highest BCUT2D eigenvalue weighted by molar-refractivity contribution is 6.11. The fourth-order valence-electron chi connectivity index (χ4n) is 6.25. The number of para-hydroxylation sites is 2. The number of nitrogens with one attached hydrogen (secondary N) is 2. The SMILES string of the molecule is COC(=O)C(CCCCNC(=O)OCc1ccccc1)NC(=O)C1Cc2ccccc2N1C(=O)C1Cc2ccccc2N1C(=O)OC(C)(C)C. The van der Waals surface area contributed by atoms with Crippen molar-refractivity contribution in [2.45, 2.75) is 83.2 Å². The number of fused-ring (bicyclic) bond motifs is 2. The molecule has 0 bridgehead atoms. The van der Waals surface area contributed by atoms with Gasteiger partial charge in [-0.05, 0) is 68.9 Å². The summed E-state index contributed by atoms with van der Waals surface area (Å²) in [6.45, 7) is 5.75. The van der Waals surface area contributed by atoms with Gasteiger partial charge in [-0.3, -0.25) is 19.4 Å². The molecule has 4 amide bonds. The van der Waals surface area contributed by atoms with Gasteiger partial charge in [0.25, 0.3) is 5.91 Å². The number of nitrogens with zero attached hydrogens (tertiary/aromatic N) is 2. The van der Waals surface area contributed by atoms with Crippen molar-refractivity contribution in [1.82, 2.24) is 10.6 Å². The van der Waals surface area contributed by atoms with Crippen molar-refractivity contribution >= 4 is 41.3 Å². The molecule has 2 N–H and O–H groups in total. The number of unbranched alkanes of at least 4 members (excludes halogenated alkanes) is 1. The summed E-state index contributed by atoms with van der Waals surface area (Å²) in [4.78, 5) is 69.7. The van der Waals surface area contributed by atoms with Gasteiger partial charge >= 0.3 is 18.2 Å². The highest BCUT2D eigenvalue weighted by Crippen LogP contribution is 2.38. The quantitative estimate of drug-likeness (QED) is 0.162. The molecule has 3 atom stereocenters. The van der Waals surface area contributed by atoms with Crippen molar-refractivity contribution in [2.24, 2.45) is 0 Å². The molecule has 0 fully saturated rings. The zero-order valence-electron chi connectivity index (χ0n) is 28.8. The van der Waals surface area contributed by atoms with Gasteiger partial charge in [-0.2, -0.15) is 0 Å². The molecule has 3 aromatic carbocycles. The molecule has 0 aliphatic carbocycles. The number of amides is 4. The number of carbonyl (C=O) groups excluding carboxylic acids is 5. The van der Waals surface area contributed by atoms with Crippen molar-refractivity contribution in [1.29, 1.82) is 0 Å². The summed E-state index contributed by atoms with van der Waals surface area (Å²) in [6.07, 6.45) is 0.524. The van der Waals surface area contributed by atoms with Gasteiger partial charge in [0, 0.05) is 25.1 Å². The minimum Gasteiger partial charge on any atom is -0.467 e. The number of hydrogen-bond donors (Lipinski definition) is 2.